The van der Waals surface area contributed by atoms with Gasteiger partial charge in [-0.3, -0.25) is 14.4 Å². The first kappa shape index (κ1) is 25.2. The van der Waals surface area contributed by atoms with E-state index < -0.39 is 17.2 Å². The van der Waals surface area contributed by atoms with Crippen LogP contribution in [-0.2, 0) is 0 Å². The number of aryl methyl sites for hydroxylation is 1. The number of pyridine rings is 1. The van der Waals surface area contributed by atoms with Crippen LogP contribution in [0.3, 0.4) is 0 Å². The van der Waals surface area contributed by atoms with E-state index in [1.165, 1.54) is 17.4 Å². The minimum absolute atomic E-state index is 0.0227. The third-order valence-electron chi connectivity index (χ3n) is 7.70. The van der Waals surface area contributed by atoms with Gasteiger partial charge in [0, 0.05) is 30.1 Å². The number of hydrogen-bond donors (Lipinski definition) is 1. The molecule has 1 N–H and O–H groups in total. The Morgan fingerprint density at radius 3 is 2.63 bits per heavy atom. The van der Waals surface area contributed by atoms with Gasteiger partial charge in [0.05, 0.1) is 20.8 Å². The van der Waals surface area contributed by atoms with Crippen LogP contribution in [-0.4, -0.2) is 27.3 Å². The topological polar surface area (TPSA) is 81.1 Å². The number of benzene rings is 2. The Kier molecular flexibility index (Phi) is 6.56. The number of rotatable bonds is 6. The van der Waals surface area contributed by atoms with E-state index in [1.807, 2.05) is 29.7 Å². The standard InChI is InChI=1S/C29H27ClFN3O3S/c1-15-2-9-26-23(10-15)33-29(38-26)25(35)11-16-3-5-17(6-4-16)32-28(37)20-14-34(18-7-8-18)24-13-21(30)22(31)12-19(24)27(20)36/h2,9-10,12-14,16-18H,3-8,11H2,1H3,(H,32,37). The number of thiazole rings is 1. The summed E-state index contributed by atoms with van der Waals surface area (Å²) in [6, 6.07) is 8.72. The molecule has 4 aromatic rings. The molecule has 2 saturated carbocycles. The SMILES string of the molecule is Cc1ccc2sc(C(=O)CC3CCC(NC(=O)c4cn(C5CC5)c5cc(Cl)c(F)cc5c4=O)CC3)nc2c1. The van der Waals surface area contributed by atoms with Crippen molar-refractivity contribution in [2.75, 3.05) is 0 Å². The third kappa shape index (κ3) is 4.87. The van der Waals surface area contributed by atoms with E-state index in [-0.39, 0.29) is 39.8 Å². The summed E-state index contributed by atoms with van der Waals surface area (Å²) in [6.07, 6.45) is 7.01. The zero-order valence-corrected chi connectivity index (χ0v) is 22.5. The van der Waals surface area contributed by atoms with Crippen LogP contribution in [0.15, 0.2) is 41.3 Å². The van der Waals surface area contributed by atoms with E-state index >= 15 is 0 Å². The van der Waals surface area contributed by atoms with Crippen LogP contribution >= 0.6 is 22.9 Å². The molecule has 6 nitrogen and oxygen atoms in total. The Balaban J connectivity index is 1.12. The van der Waals surface area contributed by atoms with E-state index in [9.17, 15) is 18.8 Å². The van der Waals surface area contributed by atoms with Gasteiger partial charge in [-0.2, -0.15) is 0 Å². The lowest BCUT2D eigenvalue weighted by Gasteiger charge is -2.28. The zero-order chi connectivity index (χ0) is 26.6. The van der Waals surface area contributed by atoms with Crippen molar-refractivity contribution in [3.8, 4) is 0 Å². The van der Waals surface area contributed by atoms with Gasteiger partial charge >= 0.3 is 0 Å². The average molecular weight is 552 g/mol. The molecule has 2 fully saturated rings. The van der Waals surface area contributed by atoms with Gasteiger partial charge in [0.15, 0.2) is 10.8 Å². The van der Waals surface area contributed by atoms with Gasteiger partial charge in [0.25, 0.3) is 5.91 Å². The number of carbonyl (C=O) groups excluding carboxylic acids is 2. The molecule has 2 aliphatic rings. The highest BCUT2D eigenvalue weighted by molar-refractivity contribution is 7.20. The molecule has 2 heterocycles. The fourth-order valence-electron chi connectivity index (χ4n) is 5.44. The van der Waals surface area contributed by atoms with Gasteiger partial charge in [0.2, 0.25) is 5.43 Å². The van der Waals surface area contributed by atoms with Crippen LogP contribution in [0.25, 0.3) is 21.1 Å². The molecule has 0 saturated heterocycles. The lowest BCUT2D eigenvalue weighted by Crippen LogP contribution is -2.40. The Morgan fingerprint density at radius 1 is 1.13 bits per heavy atom. The van der Waals surface area contributed by atoms with Crippen LogP contribution in [0.4, 0.5) is 4.39 Å². The summed E-state index contributed by atoms with van der Waals surface area (Å²) in [7, 11) is 0. The number of halogens is 2. The minimum atomic E-state index is -0.676. The highest BCUT2D eigenvalue weighted by Gasteiger charge is 2.29. The van der Waals surface area contributed by atoms with Gasteiger partial charge in [-0.25, -0.2) is 9.37 Å². The molecule has 38 heavy (non-hydrogen) atoms. The first-order valence-electron chi connectivity index (χ1n) is 13.0. The summed E-state index contributed by atoms with van der Waals surface area (Å²) in [5, 5.41) is 3.69. The van der Waals surface area contributed by atoms with Crippen molar-refractivity contribution in [1.82, 2.24) is 14.9 Å². The van der Waals surface area contributed by atoms with Crippen LogP contribution in [0.5, 0.6) is 0 Å². The van der Waals surface area contributed by atoms with Gasteiger partial charge in [-0.1, -0.05) is 17.7 Å². The second kappa shape index (κ2) is 9.89. The summed E-state index contributed by atoms with van der Waals surface area (Å²) in [6.45, 7) is 2.01. The summed E-state index contributed by atoms with van der Waals surface area (Å²) >= 11 is 7.42. The molecule has 2 aromatic carbocycles. The number of Topliss-reactive ketones (excluding diaryl/α,β-unsaturated/α-hetero) is 1. The molecule has 1 amide bonds. The van der Waals surface area contributed by atoms with Crippen LogP contribution in [0.2, 0.25) is 5.02 Å². The third-order valence-corrected chi connectivity index (χ3v) is 9.06. The highest BCUT2D eigenvalue weighted by Crippen LogP contribution is 2.38. The molecule has 9 heteroatoms. The molecule has 0 atom stereocenters. The summed E-state index contributed by atoms with van der Waals surface area (Å²) < 4.78 is 17.1. The fraction of sp³-hybridized carbons (Fsp3) is 0.379. The maximum atomic E-state index is 14.2. The quantitative estimate of drug-likeness (QED) is 0.273. The number of nitrogens with zero attached hydrogens (tertiary/aromatic N) is 2. The molecule has 0 aliphatic heterocycles. The van der Waals surface area contributed by atoms with E-state index in [0.717, 1.165) is 60.4 Å². The van der Waals surface area contributed by atoms with Crippen molar-refractivity contribution in [3.05, 3.63) is 73.7 Å². The molecular weight excluding hydrogens is 525 g/mol. The first-order chi connectivity index (χ1) is 18.3. The number of hydrogen-bond acceptors (Lipinski definition) is 5. The lowest BCUT2D eigenvalue weighted by molar-refractivity contribution is 0.0896. The number of aromatic nitrogens is 2. The van der Waals surface area contributed by atoms with Crippen molar-refractivity contribution in [2.24, 2.45) is 5.92 Å². The fourth-order valence-corrected chi connectivity index (χ4v) is 6.49. The van der Waals surface area contributed by atoms with E-state index in [1.54, 1.807) is 6.20 Å². The molecule has 0 radical (unpaired) electrons. The Hall–Kier alpha value is -3.10. The molecule has 0 bridgehead atoms. The number of fused-ring (bicyclic) bond motifs is 2. The smallest absolute Gasteiger partial charge is 0.256 e. The summed E-state index contributed by atoms with van der Waals surface area (Å²) in [5.74, 6) is -0.804. The van der Waals surface area contributed by atoms with Crippen molar-refractivity contribution >= 4 is 55.7 Å². The molecule has 2 aliphatic carbocycles. The number of carbonyl (C=O) groups is 2. The Morgan fingerprint density at radius 2 is 1.89 bits per heavy atom. The average Bonchev–Trinajstić information content (AvgIpc) is 3.64. The van der Waals surface area contributed by atoms with Crippen molar-refractivity contribution < 1.29 is 14.0 Å². The highest BCUT2D eigenvalue weighted by atomic mass is 35.5. The second-order valence-electron chi connectivity index (χ2n) is 10.6. The van der Waals surface area contributed by atoms with Crippen molar-refractivity contribution in [1.29, 1.82) is 0 Å². The van der Waals surface area contributed by atoms with E-state index in [2.05, 4.69) is 10.3 Å². The minimum Gasteiger partial charge on any atom is -0.349 e. The molecular formula is C29H27ClFN3O3S. The molecule has 6 rings (SSSR count). The summed E-state index contributed by atoms with van der Waals surface area (Å²) in [5.41, 5.74) is 2.07. The van der Waals surface area contributed by atoms with E-state index in [0.29, 0.717) is 16.9 Å². The van der Waals surface area contributed by atoms with Gasteiger partial charge < -0.3 is 9.88 Å². The van der Waals surface area contributed by atoms with Crippen molar-refractivity contribution in [2.45, 2.75) is 64.0 Å². The van der Waals surface area contributed by atoms with Crippen LogP contribution in [0, 0.1) is 18.7 Å². The summed E-state index contributed by atoms with van der Waals surface area (Å²) in [4.78, 5) is 43.7. The maximum Gasteiger partial charge on any atom is 0.256 e. The Labute approximate surface area is 227 Å². The molecule has 0 unspecified atom stereocenters. The van der Waals surface area contributed by atoms with Gasteiger partial charge in [0.1, 0.15) is 11.4 Å². The molecule has 0 spiro atoms. The molecule has 2 aromatic heterocycles. The molecule has 196 valence electrons. The normalized spacial score (nSPS) is 19.7. The first-order valence-corrected chi connectivity index (χ1v) is 14.2. The van der Waals surface area contributed by atoms with Gasteiger partial charge in [-0.15, -0.1) is 11.3 Å². The van der Waals surface area contributed by atoms with Gasteiger partial charge in [-0.05, 0) is 81.2 Å². The predicted molar refractivity (Wildman–Crippen MR) is 148 cm³/mol. The predicted octanol–water partition coefficient (Wildman–Crippen LogP) is 6.61. The maximum absolute atomic E-state index is 14.2. The zero-order valence-electron chi connectivity index (χ0n) is 20.9. The number of ketones is 1. The second-order valence-corrected chi connectivity index (χ2v) is 12.0. The number of amides is 1. The largest absolute Gasteiger partial charge is 0.349 e. The Bertz CT molecular complexity index is 1650. The number of nitrogens with one attached hydrogen (secondary N) is 1. The van der Waals surface area contributed by atoms with Crippen molar-refractivity contribution in [3.63, 3.8) is 0 Å². The van der Waals surface area contributed by atoms with E-state index in [4.69, 9.17) is 11.6 Å². The monoisotopic (exact) mass is 551 g/mol. The van der Waals surface area contributed by atoms with Crippen LogP contribution in [0.1, 0.15) is 76.7 Å². The van der Waals surface area contributed by atoms with Crippen LogP contribution < -0.4 is 10.7 Å². The lowest BCUT2D eigenvalue weighted by atomic mass is 9.83.